The second kappa shape index (κ2) is 5.94. The minimum atomic E-state index is 0.810. The Morgan fingerprint density at radius 1 is 1.33 bits per heavy atom. The van der Waals surface area contributed by atoms with Crippen molar-refractivity contribution in [1.82, 2.24) is 4.98 Å². The van der Waals surface area contributed by atoms with E-state index < -0.39 is 0 Å². The Morgan fingerprint density at radius 2 is 2.06 bits per heavy atom. The van der Waals surface area contributed by atoms with Gasteiger partial charge < -0.3 is 15.5 Å². The number of aromatic nitrogens is 1. The molecule has 0 saturated carbocycles. The van der Waals surface area contributed by atoms with Gasteiger partial charge in [-0.15, -0.1) is 0 Å². The van der Waals surface area contributed by atoms with E-state index in [9.17, 15) is 0 Å². The van der Waals surface area contributed by atoms with Gasteiger partial charge in [0.1, 0.15) is 11.6 Å². The smallest absolute Gasteiger partial charge is 0.133 e. The largest absolute Gasteiger partial charge is 0.399 e. The topological polar surface area (TPSA) is 45.4 Å². The van der Waals surface area contributed by atoms with Crippen LogP contribution in [0.25, 0.3) is 0 Å². The summed E-state index contributed by atoms with van der Waals surface area (Å²) >= 11 is 0. The lowest BCUT2D eigenvalue weighted by atomic mass is 10.3. The maximum atomic E-state index is 6.00. The molecule has 4 heteroatoms. The minimum absolute atomic E-state index is 0.810. The van der Waals surface area contributed by atoms with E-state index in [-0.39, 0.29) is 0 Å². The third-order valence-electron chi connectivity index (χ3n) is 3.49. The summed E-state index contributed by atoms with van der Waals surface area (Å²) in [6.07, 6.45) is 4.91. The molecule has 0 amide bonds. The summed E-state index contributed by atoms with van der Waals surface area (Å²) in [6, 6.07) is 3.96. The van der Waals surface area contributed by atoms with E-state index in [0.717, 1.165) is 37.0 Å². The van der Waals surface area contributed by atoms with Gasteiger partial charge in [-0.1, -0.05) is 13.3 Å². The van der Waals surface area contributed by atoms with Crippen LogP contribution in [0, 0.1) is 0 Å². The van der Waals surface area contributed by atoms with E-state index in [1.165, 1.54) is 25.7 Å². The fourth-order valence-corrected chi connectivity index (χ4v) is 2.34. The van der Waals surface area contributed by atoms with Gasteiger partial charge in [0, 0.05) is 44.5 Å². The van der Waals surface area contributed by atoms with Crippen LogP contribution in [-0.4, -0.2) is 31.7 Å². The highest BCUT2D eigenvalue weighted by Gasteiger charge is 2.15. The Bertz CT molecular complexity index is 385. The molecule has 1 aromatic rings. The van der Waals surface area contributed by atoms with Crippen LogP contribution in [0.2, 0.25) is 0 Å². The van der Waals surface area contributed by atoms with E-state index in [1.807, 2.05) is 12.1 Å². The molecular formula is C14H24N4. The Kier molecular flexibility index (Phi) is 4.28. The molecule has 1 aliphatic heterocycles. The first-order valence-corrected chi connectivity index (χ1v) is 6.94. The zero-order valence-corrected chi connectivity index (χ0v) is 11.5. The van der Waals surface area contributed by atoms with Crippen LogP contribution in [0.3, 0.4) is 0 Å². The van der Waals surface area contributed by atoms with Gasteiger partial charge in [-0.2, -0.15) is 0 Å². The molecule has 18 heavy (non-hydrogen) atoms. The van der Waals surface area contributed by atoms with Crippen LogP contribution in [-0.2, 0) is 0 Å². The van der Waals surface area contributed by atoms with Gasteiger partial charge >= 0.3 is 0 Å². The quantitative estimate of drug-likeness (QED) is 0.869. The summed E-state index contributed by atoms with van der Waals surface area (Å²) in [5.41, 5.74) is 6.81. The average Bonchev–Trinajstić information content (AvgIpc) is 2.89. The van der Waals surface area contributed by atoms with Crippen LogP contribution in [0.15, 0.2) is 12.1 Å². The van der Waals surface area contributed by atoms with Gasteiger partial charge in [-0.05, 0) is 19.3 Å². The van der Waals surface area contributed by atoms with Crippen molar-refractivity contribution in [2.75, 3.05) is 42.2 Å². The number of hydrogen-bond acceptors (Lipinski definition) is 4. The number of rotatable bonds is 5. The summed E-state index contributed by atoms with van der Waals surface area (Å²) in [6.45, 7) is 5.45. The van der Waals surface area contributed by atoms with Gasteiger partial charge in [0.05, 0.1) is 0 Å². The second-order valence-electron chi connectivity index (χ2n) is 5.09. The van der Waals surface area contributed by atoms with Gasteiger partial charge in [0.2, 0.25) is 0 Å². The zero-order chi connectivity index (χ0) is 13.0. The monoisotopic (exact) mass is 248 g/mol. The Balaban J connectivity index is 2.14. The number of hydrogen-bond donors (Lipinski definition) is 1. The molecule has 1 aliphatic rings. The standard InChI is InChI=1S/C14H24N4/c1-3-4-7-17(2)13-10-12(15)11-14(16-13)18-8-5-6-9-18/h10-11H,3-9H2,1-2H3,(H2,15,16). The van der Waals surface area contributed by atoms with E-state index in [1.54, 1.807) is 0 Å². The summed E-state index contributed by atoms with van der Waals surface area (Å²) in [5.74, 6) is 2.02. The SMILES string of the molecule is CCCCN(C)c1cc(N)cc(N2CCCC2)n1. The Morgan fingerprint density at radius 3 is 2.72 bits per heavy atom. The fraction of sp³-hybridized carbons (Fsp3) is 0.643. The molecule has 2 N–H and O–H groups in total. The number of pyridine rings is 1. The summed E-state index contributed by atoms with van der Waals surface area (Å²) in [4.78, 5) is 9.26. The maximum Gasteiger partial charge on any atom is 0.133 e. The first kappa shape index (κ1) is 13.0. The van der Waals surface area contributed by atoms with Crippen molar-refractivity contribution in [3.63, 3.8) is 0 Å². The molecule has 1 saturated heterocycles. The van der Waals surface area contributed by atoms with Crippen molar-refractivity contribution in [1.29, 1.82) is 0 Å². The molecular weight excluding hydrogens is 224 g/mol. The van der Waals surface area contributed by atoms with Gasteiger partial charge in [0.15, 0.2) is 0 Å². The lowest BCUT2D eigenvalue weighted by molar-refractivity contribution is 0.758. The van der Waals surface area contributed by atoms with Crippen molar-refractivity contribution < 1.29 is 0 Å². The molecule has 0 atom stereocenters. The molecule has 0 spiro atoms. The average molecular weight is 248 g/mol. The molecule has 0 aromatic carbocycles. The molecule has 0 unspecified atom stereocenters. The van der Waals surface area contributed by atoms with Gasteiger partial charge in [-0.3, -0.25) is 0 Å². The van der Waals surface area contributed by atoms with E-state index >= 15 is 0 Å². The maximum absolute atomic E-state index is 6.00. The normalized spacial score (nSPS) is 15.1. The van der Waals surface area contributed by atoms with E-state index in [0.29, 0.717) is 0 Å². The zero-order valence-electron chi connectivity index (χ0n) is 11.5. The highest BCUT2D eigenvalue weighted by molar-refractivity contribution is 5.59. The summed E-state index contributed by atoms with van der Waals surface area (Å²) < 4.78 is 0. The third-order valence-corrected chi connectivity index (χ3v) is 3.49. The van der Waals surface area contributed by atoms with E-state index in [4.69, 9.17) is 10.7 Å². The number of anilines is 3. The van der Waals surface area contributed by atoms with Crippen molar-refractivity contribution >= 4 is 17.3 Å². The highest BCUT2D eigenvalue weighted by atomic mass is 15.2. The Hall–Kier alpha value is -1.45. The molecule has 1 fully saturated rings. The highest BCUT2D eigenvalue weighted by Crippen LogP contribution is 2.24. The lowest BCUT2D eigenvalue weighted by Crippen LogP contribution is -2.23. The van der Waals surface area contributed by atoms with Crippen molar-refractivity contribution in [3.8, 4) is 0 Å². The van der Waals surface area contributed by atoms with Crippen molar-refractivity contribution in [2.24, 2.45) is 0 Å². The first-order chi connectivity index (χ1) is 8.70. The second-order valence-corrected chi connectivity index (χ2v) is 5.09. The lowest BCUT2D eigenvalue weighted by Gasteiger charge is -2.22. The van der Waals surface area contributed by atoms with E-state index in [2.05, 4.69) is 23.8 Å². The van der Waals surface area contributed by atoms with Crippen molar-refractivity contribution in [3.05, 3.63) is 12.1 Å². The molecule has 100 valence electrons. The summed E-state index contributed by atoms with van der Waals surface area (Å²) in [5, 5.41) is 0. The molecule has 2 heterocycles. The van der Waals surface area contributed by atoms with Gasteiger partial charge in [0.25, 0.3) is 0 Å². The van der Waals surface area contributed by atoms with Crippen LogP contribution in [0.4, 0.5) is 17.3 Å². The number of nitrogen functional groups attached to an aromatic ring is 1. The molecule has 2 rings (SSSR count). The van der Waals surface area contributed by atoms with Crippen LogP contribution in [0.5, 0.6) is 0 Å². The molecule has 0 radical (unpaired) electrons. The molecule has 0 aliphatic carbocycles. The first-order valence-electron chi connectivity index (χ1n) is 6.94. The van der Waals surface area contributed by atoms with Crippen LogP contribution in [0.1, 0.15) is 32.6 Å². The predicted octanol–water partition coefficient (Wildman–Crippen LogP) is 2.50. The number of unbranched alkanes of at least 4 members (excludes halogenated alkanes) is 1. The number of nitrogens with zero attached hydrogens (tertiary/aromatic N) is 3. The Labute approximate surface area is 110 Å². The minimum Gasteiger partial charge on any atom is -0.399 e. The van der Waals surface area contributed by atoms with Crippen LogP contribution < -0.4 is 15.5 Å². The summed E-state index contributed by atoms with van der Waals surface area (Å²) in [7, 11) is 2.09. The fourth-order valence-electron chi connectivity index (χ4n) is 2.34. The molecule has 1 aromatic heterocycles. The molecule has 0 bridgehead atoms. The predicted molar refractivity (Wildman–Crippen MR) is 78.3 cm³/mol. The number of nitrogens with two attached hydrogens (primary N) is 1. The van der Waals surface area contributed by atoms with Crippen LogP contribution >= 0.6 is 0 Å². The molecule has 4 nitrogen and oxygen atoms in total. The third kappa shape index (κ3) is 3.06. The van der Waals surface area contributed by atoms with Gasteiger partial charge in [-0.25, -0.2) is 4.98 Å². The van der Waals surface area contributed by atoms with Crippen molar-refractivity contribution in [2.45, 2.75) is 32.6 Å².